The van der Waals surface area contributed by atoms with E-state index in [2.05, 4.69) is 36.5 Å². The van der Waals surface area contributed by atoms with E-state index in [4.69, 9.17) is 4.74 Å². The fourth-order valence-corrected chi connectivity index (χ4v) is 3.53. The summed E-state index contributed by atoms with van der Waals surface area (Å²) in [4.78, 5) is 10.8. The van der Waals surface area contributed by atoms with Gasteiger partial charge in [0.2, 0.25) is 0 Å². The second-order valence-electron chi connectivity index (χ2n) is 7.67. The summed E-state index contributed by atoms with van der Waals surface area (Å²) in [5, 5.41) is 14.7. The molecule has 3 aromatic rings. The lowest BCUT2D eigenvalue weighted by Gasteiger charge is -2.19. The van der Waals surface area contributed by atoms with Crippen LogP contribution in [0.25, 0.3) is 0 Å². The van der Waals surface area contributed by atoms with Crippen LogP contribution in [0.15, 0.2) is 78.9 Å². The number of nitro benzene ring substituents is 1. The molecule has 1 atom stereocenters. The first-order chi connectivity index (χ1) is 15.2. The second-order valence-corrected chi connectivity index (χ2v) is 7.67. The first-order valence-corrected chi connectivity index (χ1v) is 10.9. The monoisotopic (exact) mass is 418 g/mol. The van der Waals surface area contributed by atoms with Crippen LogP contribution in [0.3, 0.4) is 0 Å². The van der Waals surface area contributed by atoms with Crippen molar-refractivity contribution < 1.29 is 9.66 Å². The molecule has 0 aromatic heterocycles. The first kappa shape index (κ1) is 22.5. The molecule has 0 spiro atoms. The van der Waals surface area contributed by atoms with Crippen LogP contribution in [0.5, 0.6) is 5.75 Å². The number of ether oxygens (including phenoxy) is 1. The van der Waals surface area contributed by atoms with E-state index in [1.807, 2.05) is 36.4 Å². The van der Waals surface area contributed by atoms with E-state index in [1.165, 1.54) is 5.56 Å². The van der Waals surface area contributed by atoms with Gasteiger partial charge in [-0.1, -0.05) is 74.4 Å². The van der Waals surface area contributed by atoms with Gasteiger partial charge >= 0.3 is 0 Å². The largest absolute Gasteiger partial charge is 0.489 e. The summed E-state index contributed by atoms with van der Waals surface area (Å²) in [5.74, 6) is 0.859. The number of nitrogens with zero attached hydrogens (tertiary/aromatic N) is 1. The molecule has 0 aliphatic carbocycles. The summed E-state index contributed by atoms with van der Waals surface area (Å²) >= 11 is 0. The number of unbranched alkanes of at least 4 members (excludes halogenated alkanes) is 1. The van der Waals surface area contributed by atoms with Crippen molar-refractivity contribution in [2.75, 3.05) is 6.54 Å². The van der Waals surface area contributed by atoms with E-state index in [1.54, 1.807) is 18.2 Å². The van der Waals surface area contributed by atoms with E-state index < -0.39 is 0 Å². The number of hydrogen-bond acceptors (Lipinski definition) is 4. The molecule has 0 bridgehead atoms. The van der Waals surface area contributed by atoms with Crippen LogP contribution in [-0.4, -0.2) is 11.5 Å². The van der Waals surface area contributed by atoms with Gasteiger partial charge in [-0.05, 0) is 48.2 Å². The molecule has 0 heterocycles. The molecule has 1 unspecified atom stereocenters. The van der Waals surface area contributed by atoms with Crippen LogP contribution in [-0.2, 0) is 13.0 Å². The molecule has 0 fully saturated rings. The van der Waals surface area contributed by atoms with Gasteiger partial charge in [0.05, 0.1) is 4.92 Å². The molecule has 0 amide bonds. The van der Waals surface area contributed by atoms with Gasteiger partial charge in [-0.15, -0.1) is 0 Å². The molecular formula is C26H30N2O3. The molecule has 162 valence electrons. The molecule has 1 N–H and O–H groups in total. The number of nitro groups is 1. The third kappa shape index (κ3) is 7.23. The second kappa shape index (κ2) is 11.9. The fraction of sp³-hybridized carbons (Fsp3) is 0.308. The predicted molar refractivity (Wildman–Crippen MR) is 124 cm³/mol. The minimum absolute atomic E-state index is 0.119. The number of benzene rings is 3. The van der Waals surface area contributed by atoms with Gasteiger partial charge in [0.25, 0.3) is 5.69 Å². The summed E-state index contributed by atoms with van der Waals surface area (Å²) in [6.45, 7) is 3.53. The van der Waals surface area contributed by atoms with Crippen molar-refractivity contribution in [1.82, 2.24) is 5.32 Å². The molecule has 0 aliphatic rings. The zero-order chi connectivity index (χ0) is 21.9. The van der Waals surface area contributed by atoms with Crippen molar-refractivity contribution in [2.24, 2.45) is 0 Å². The van der Waals surface area contributed by atoms with Crippen molar-refractivity contribution in [3.63, 3.8) is 0 Å². The molecular weight excluding hydrogens is 388 g/mol. The lowest BCUT2D eigenvalue weighted by molar-refractivity contribution is -0.384. The summed E-state index contributed by atoms with van der Waals surface area (Å²) in [6.07, 6.45) is 4.02. The maximum atomic E-state index is 11.1. The van der Waals surface area contributed by atoms with E-state index >= 15 is 0 Å². The highest BCUT2D eigenvalue weighted by molar-refractivity contribution is 5.36. The molecule has 0 saturated carbocycles. The van der Waals surface area contributed by atoms with Gasteiger partial charge in [-0.25, -0.2) is 0 Å². The Labute approximate surface area is 184 Å². The highest BCUT2D eigenvalue weighted by Crippen LogP contribution is 2.23. The molecule has 5 heteroatoms. The zero-order valence-electron chi connectivity index (χ0n) is 18.0. The molecule has 3 aromatic carbocycles. The van der Waals surface area contributed by atoms with Crippen LogP contribution in [0, 0.1) is 10.1 Å². The maximum Gasteiger partial charge on any atom is 0.269 e. The van der Waals surface area contributed by atoms with Gasteiger partial charge in [0.15, 0.2) is 0 Å². The predicted octanol–water partition coefficient (Wildman–Crippen LogP) is 6.24. The van der Waals surface area contributed by atoms with Crippen molar-refractivity contribution in [2.45, 2.75) is 45.3 Å². The van der Waals surface area contributed by atoms with Crippen molar-refractivity contribution in [3.8, 4) is 5.75 Å². The molecule has 0 saturated heterocycles. The van der Waals surface area contributed by atoms with Gasteiger partial charge in [-0.2, -0.15) is 0 Å². The Bertz CT molecular complexity index is 942. The topological polar surface area (TPSA) is 64.4 Å². The average molecular weight is 419 g/mol. The third-order valence-corrected chi connectivity index (χ3v) is 5.31. The smallest absolute Gasteiger partial charge is 0.269 e. The molecule has 0 radical (unpaired) electrons. The highest BCUT2D eigenvalue weighted by Gasteiger charge is 2.14. The lowest BCUT2D eigenvalue weighted by Crippen LogP contribution is -2.24. The van der Waals surface area contributed by atoms with Crippen LogP contribution < -0.4 is 10.1 Å². The van der Waals surface area contributed by atoms with Crippen LogP contribution in [0.1, 0.15) is 48.9 Å². The Morgan fingerprint density at radius 1 is 0.968 bits per heavy atom. The van der Waals surface area contributed by atoms with Crippen LogP contribution in [0.4, 0.5) is 5.69 Å². The van der Waals surface area contributed by atoms with E-state index in [9.17, 15) is 10.1 Å². The maximum absolute atomic E-state index is 11.1. The summed E-state index contributed by atoms with van der Waals surface area (Å²) in [6, 6.07) is 25.4. The quantitative estimate of drug-likeness (QED) is 0.279. The van der Waals surface area contributed by atoms with E-state index in [-0.39, 0.29) is 16.7 Å². The highest BCUT2D eigenvalue weighted by atomic mass is 16.6. The Balaban J connectivity index is 1.52. The normalized spacial score (nSPS) is 11.8. The van der Waals surface area contributed by atoms with Crippen molar-refractivity contribution in [1.29, 1.82) is 0 Å². The SMILES string of the molecule is CCCCC(NCCc1ccc(OCc2ccccc2)cc1)c1cccc([N+](=O)[O-])c1. The lowest BCUT2D eigenvalue weighted by atomic mass is 10.00. The minimum Gasteiger partial charge on any atom is -0.489 e. The van der Waals surface area contributed by atoms with E-state index in [0.29, 0.717) is 6.61 Å². The Hall–Kier alpha value is -3.18. The van der Waals surface area contributed by atoms with Gasteiger partial charge < -0.3 is 10.1 Å². The van der Waals surface area contributed by atoms with E-state index in [0.717, 1.165) is 49.1 Å². The molecule has 3 rings (SSSR count). The molecule has 31 heavy (non-hydrogen) atoms. The van der Waals surface area contributed by atoms with Crippen molar-refractivity contribution >= 4 is 5.69 Å². The molecule has 5 nitrogen and oxygen atoms in total. The Kier molecular flexibility index (Phi) is 8.61. The average Bonchev–Trinajstić information content (AvgIpc) is 2.81. The third-order valence-electron chi connectivity index (χ3n) is 5.31. The Morgan fingerprint density at radius 3 is 2.45 bits per heavy atom. The van der Waals surface area contributed by atoms with Crippen LogP contribution in [0.2, 0.25) is 0 Å². The fourth-order valence-electron chi connectivity index (χ4n) is 3.53. The van der Waals surface area contributed by atoms with Gasteiger partial charge in [-0.3, -0.25) is 10.1 Å². The van der Waals surface area contributed by atoms with Gasteiger partial charge in [0.1, 0.15) is 12.4 Å². The Morgan fingerprint density at radius 2 is 1.74 bits per heavy atom. The summed E-state index contributed by atoms with van der Waals surface area (Å²) < 4.78 is 5.85. The number of non-ortho nitro benzene ring substituents is 1. The zero-order valence-corrected chi connectivity index (χ0v) is 18.0. The number of rotatable bonds is 12. The molecule has 0 aliphatic heterocycles. The summed E-state index contributed by atoms with van der Waals surface area (Å²) in [5.41, 5.74) is 3.50. The number of nitrogens with one attached hydrogen (secondary N) is 1. The van der Waals surface area contributed by atoms with Gasteiger partial charge in [0, 0.05) is 18.2 Å². The minimum atomic E-state index is -0.332. The van der Waals surface area contributed by atoms with Crippen molar-refractivity contribution in [3.05, 3.63) is 106 Å². The summed E-state index contributed by atoms with van der Waals surface area (Å²) in [7, 11) is 0. The first-order valence-electron chi connectivity index (χ1n) is 10.9. The van der Waals surface area contributed by atoms with Crippen LogP contribution >= 0.6 is 0 Å². The number of hydrogen-bond donors (Lipinski definition) is 1. The standard InChI is InChI=1S/C26H30N2O3/c1-2-3-12-26(23-10-7-11-24(19-23)28(29)30)27-18-17-21-13-15-25(16-14-21)31-20-22-8-5-4-6-9-22/h4-11,13-16,19,26-27H,2-3,12,17-18,20H2,1H3.